The highest BCUT2D eigenvalue weighted by Crippen LogP contribution is 2.34. The van der Waals surface area contributed by atoms with Crippen LogP contribution >= 0.6 is 0 Å². The van der Waals surface area contributed by atoms with E-state index in [4.69, 9.17) is 27.8 Å². The number of nitrogens with zero attached hydrogens (tertiary/aromatic N) is 2. The van der Waals surface area contributed by atoms with Crippen LogP contribution in [0.3, 0.4) is 0 Å². The Hall–Kier alpha value is -4.88. The van der Waals surface area contributed by atoms with Crippen molar-refractivity contribution in [2.24, 2.45) is 10.8 Å². The first-order chi connectivity index (χ1) is 26.3. The number of cyclic esters (lactones) is 2. The van der Waals surface area contributed by atoms with Crippen molar-refractivity contribution in [3.05, 3.63) is 127 Å². The smallest absolute Gasteiger partial charge is 0.360 e. The molecule has 12 heteroatoms. The molecule has 2 aliphatic rings. The minimum Gasteiger partial charge on any atom is -0.457 e. The lowest BCUT2D eigenvalue weighted by atomic mass is 9.79. The molecule has 12 nitrogen and oxygen atoms in total. The van der Waals surface area contributed by atoms with Crippen LogP contribution in [0.2, 0.25) is 0 Å². The van der Waals surface area contributed by atoms with Gasteiger partial charge in [-0.3, -0.25) is 0 Å². The summed E-state index contributed by atoms with van der Waals surface area (Å²) in [6.45, 7) is 11.0. The molecular formula is C43H54N2O10. The summed E-state index contributed by atoms with van der Waals surface area (Å²) in [6.07, 6.45) is 28.1. The zero-order chi connectivity index (χ0) is 40.0. The second-order valence-electron chi connectivity index (χ2n) is 14.5. The minimum absolute atomic E-state index is 0.00854. The molecule has 4 bridgehead atoms. The van der Waals surface area contributed by atoms with Gasteiger partial charge in [0.25, 0.3) is 0 Å². The van der Waals surface area contributed by atoms with Gasteiger partial charge in [-0.2, -0.15) is 0 Å². The van der Waals surface area contributed by atoms with Crippen LogP contribution in [0.15, 0.2) is 113 Å². The van der Waals surface area contributed by atoms with Crippen LogP contribution in [0.1, 0.15) is 87.1 Å². The third-order valence-electron chi connectivity index (χ3n) is 9.62. The zero-order valence-corrected chi connectivity index (χ0v) is 32.6. The van der Waals surface area contributed by atoms with Crippen LogP contribution in [0.5, 0.6) is 0 Å². The summed E-state index contributed by atoms with van der Waals surface area (Å²) in [5, 5.41) is 22.0. The van der Waals surface area contributed by atoms with E-state index in [-0.39, 0.29) is 35.9 Å². The van der Waals surface area contributed by atoms with Crippen molar-refractivity contribution in [3.8, 4) is 0 Å². The van der Waals surface area contributed by atoms with E-state index >= 15 is 0 Å². The number of ether oxygens (including phenoxy) is 4. The lowest BCUT2D eigenvalue weighted by molar-refractivity contribution is -0.0457. The first-order valence-electron chi connectivity index (χ1n) is 18.4. The fraction of sp³-hybridized carbons (Fsp3) is 0.442. The van der Waals surface area contributed by atoms with E-state index in [0.717, 1.165) is 0 Å². The number of hydrogen-bond donors (Lipinski definition) is 2. The number of rotatable bonds is 5. The number of fused-ring (bicyclic) bond motifs is 5. The van der Waals surface area contributed by atoms with Gasteiger partial charge in [-0.05, 0) is 26.3 Å². The molecule has 0 amide bonds. The van der Waals surface area contributed by atoms with E-state index in [1.165, 1.54) is 12.5 Å². The van der Waals surface area contributed by atoms with Gasteiger partial charge in [0, 0.05) is 30.4 Å². The minimum atomic E-state index is -0.883. The van der Waals surface area contributed by atoms with E-state index in [1.807, 2.05) is 96.2 Å². The normalized spacial score (nSPS) is 26.6. The summed E-state index contributed by atoms with van der Waals surface area (Å²) in [5.74, 6) is -0.829. The molecule has 1 saturated heterocycles. The molecule has 4 heterocycles. The van der Waals surface area contributed by atoms with Gasteiger partial charge in [0.15, 0.2) is 17.3 Å². The van der Waals surface area contributed by atoms with Crippen molar-refractivity contribution in [2.45, 2.75) is 104 Å². The summed E-state index contributed by atoms with van der Waals surface area (Å²) in [4.78, 5) is 35.0. The number of aliphatic hydroxyl groups is 2. The molecule has 4 rings (SSSR count). The van der Waals surface area contributed by atoms with Gasteiger partial charge in [0.2, 0.25) is 5.89 Å². The first kappa shape index (κ1) is 42.9. The summed E-state index contributed by atoms with van der Waals surface area (Å²) in [7, 11) is 1.56. The summed E-state index contributed by atoms with van der Waals surface area (Å²) in [6, 6.07) is 0. The van der Waals surface area contributed by atoms with Crippen molar-refractivity contribution in [1.29, 1.82) is 0 Å². The topological polar surface area (TPSA) is 167 Å². The lowest BCUT2D eigenvalue weighted by Gasteiger charge is -2.36. The van der Waals surface area contributed by atoms with Crippen LogP contribution < -0.4 is 0 Å². The van der Waals surface area contributed by atoms with Crippen LogP contribution in [0.25, 0.3) is 6.08 Å². The van der Waals surface area contributed by atoms with Crippen LogP contribution in [-0.4, -0.2) is 82.0 Å². The number of methoxy groups -OCH3 is 1. The van der Waals surface area contributed by atoms with Gasteiger partial charge in [0.1, 0.15) is 36.9 Å². The summed E-state index contributed by atoms with van der Waals surface area (Å²) < 4.78 is 34.2. The highest BCUT2D eigenvalue weighted by atomic mass is 16.6. The molecule has 2 aromatic heterocycles. The number of epoxide rings is 1. The van der Waals surface area contributed by atoms with Crippen LogP contribution in [-0.2, 0) is 25.4 Å². The maximum Gasteiger partial charge on any atom is 0.360 e. The van der Waals surface area contributed by atoms with E-state index in [2.05, 4.69) is 9.97 Å². The molecule has 7 atom stereocenters. The van der Waals surface area contributed by atoms with Gasteiger partial charge < -0.3 is 38.0 Å². The summed E-state index contributed by atoms with van der Waals surface area (Å²) in [5.41, 5.74) is -1.66. The first-order valence-corrected chi connectivity index (χ1v) is 18.4. The van der Waals surface area contributed by atoms with E-state index < -0.39 is 53.3 Å². The van der Waals surface area contributed by atoms with E-state index in [0.29, 0.717) is 18.7 Å². The molecule has 1 fully saturated rings. The van der Waals surface area contributed by atoms with E-state index in [1.54, 1.807) is 49.6 Å². The van der Waals surface area contributed by atoms with E-state index in [9.17, 15) is 19.8 Å². The fourth-order valence-corrected chi connectivity index (χ4v) is 5.65. The highest BCUT2D eigenvalue weighted by Gasteiger charge is 2.40. The Morgan fingerprint density at radius 3 is 2.31 bits per heavy atom. The highest BCUT2D eigenvalue weighted by molar-refractivity contribution is 5.87. The summed E-state index contributed by atoms with van der Waals surface area (Å²) >= 11 is 0. The van der Waals surface area contributed by atoms with Crippen LogP contribution in [0.4, 0.5) is 0 Å². The third-order valence-corrected chi connectivity index (χ3v) is 9.62. The van der Waals surface area contributed by atoms with Crippen molar-refractivity contribution in [3.63, 3.8) is 0 Å². The van der Waals surface area contributed by atoms with Gasteiger partial charge >= 0.3 is 11.9 Å². The average molecular weight is 759 g/mol. The largest absolute Gasteiger partial charge is 0.457 e. The number of carbonyl (C=O) groups excluding carboxylic acids is 2. The Labute approximate surface area is 323 Å². The molecule has 55 heavy (non-hydrogen) atoms. The predicted molar refractivity (Wildman–Crippen MR) is 208 cm³/mol. The Bertz CT molecular complexity index is 1800. The molecule has 2 N–H and O–H groups in total. The maximum atomic E-state index is 13.3. The van der Waals surface area contributed by atoms with Gasteiger partial charge in [-0.25, -0.2) is 19.6 Å². The molecule has 0 radical (unpaired) electrons. The van der Waals surface area contributed by atoms with Crippen molar-refractivity contribution < 1.29 is 47.6 Å². The number of allylic oxidation sites excluding steroid dienone is 8. The molecular weight excluding hydrogens is 704 g/mol. The molecule has 0 spiro atoms. The Kier molecular flexibility index (Phi) is 15.7. The van der Waals surface area contributed by atoms with Gasteiger partial charge in [0.05, 0.1) is 24.7 Å². The van der Waals surface area contributed by atoms with Crippen molar-refractivity contribution in [1.82, 2.24) is 9.97 Å². The third kappa shape index (κ3) is 12.3. The molecule has 0 saturated carbocycles. The number of aromatic nitrogens is 2. The number of hydrogen-bond acceptors (Lipinski definition) is 12. The Morgan fingerprint density at radius 2 is 1.56 bits per heavy atom. The second kappa shape index (κ2) is 20.2. The standard InChI is InChI=1S/C43H54N2O10/c1-8-18-34(46)42(3,4)37-24-17-22-33-32(53-33)21-15-16-25-38-44-30(27-51-38)40(48)54-36(19-9-2)43(5,6)35(47)23-14-12-10-11-13-20-29(50-7)26-39-45-31(28-52-39)41(49)55-37/h8-22,25,27-29,32-37,46-47H,23-24,26H2,1-7H3. The predicted octanol–water partition coefficient (Wildman–Crippen LogP) is 7.25. The monoisotopic (exact) mass is 758 g/mol. The molecule has 0 aliphatic carbocycles. The van der Waals surface area contributed by atoms with Gasteiger partial charge in [-0.15, -0.1) is 0 Å². The number of aliphatic hydroxyl groups excluding tert-OH is 2. The maximum absolute atomic E-state index is 13.3. The molecule has 2 aliphatic heterocycles. The molecule has 7 unspecified atom stereocenters. The fourth-order valence-electron chi connectivity index (χ4n) is 5.65. The average Bonchev–Trinajstić information content (AvgIpc) is 3.47. The molecule has 2 aromatic rings. The number of oxazole rings is 2. The SMILES string of the molecule is CC=CC(O)C(C)(C)C1CC=CC2OC2C=CC=Cc2nc(co2)C(=O)OC(C=CC)C(C)(C)C(O)CC=CC=CC=CC(OC)Cc2nc(co2)C(=O)O1. The number of esters is 2. The quantitative estimate of drug-likeness (QED) is 0.178. The molecule has 296 valence electrons. The molecule has 0 aromatic carbocycles. The number of carbonyl (C=O) groups is 2. The lowest BCUT2D eigenvalue weighted by Crippen LogP contribution is -2.42. The Morgan fingerprint density at radius 1 is 0.873 bits per heavy atom. The zero-order valence-electron chi connectivity index (χ0n) is 32.6. The van der Waals surface area contributed by atoms with Crippen molar-refractivity contribution in [2.75, 3.05) is 7.11 Å². The Balaban J connectivity index is 1.56. The van der Waals surface area contributed by atoms with Crippen LogP contribution in [0, 0.1) is 10.8 Å². The van der Waals surface area contributed by atoms with Crippen molar-refractivity contribution >= 4 is 18.0 Å². The van der Waals surface area contributed by atoms with Gasteiger partial charge in [-0.1, -0.05) is 113 Å². The second-order valence-corrected chi connectivity index (χ2v) is 14.5.